The summed E-state index contributed by atoms with van der Waals surface area (Å²) >= 11 is 6.30. The topological polar surface area (TPSA) is 39.1 Å². The zero-order chi connectivity index (χ0) is 20.5. The second-order valence-corrected chi connectivity index (χ2v) is 7.56. The van der Waals surface area contributed by atoms with Crippen molar-refractivity contribution in [1.82, 2.24) is 9.78 Å². The number of nitrogens with one attached hydrogen (secondary N) is 1. The van der Waals surface area contributed by atoms with Gasteiger partial charge < -0.3 is 10.1 Å². The standard InChI is InChI=1S/C24H19ClFN3O/c25-22-14-17(26)6-11-20(22)23-21-12-13-27-24(21)29(28-23)18-7-9-19(10-8-18)30-15-16-4-2-1-3-5-16/h1-11,14,27H,12-13,15H2. The van der Waals surface area contributed by atoms with Crippen molar-refractivity contribution in [1.29, 1.82) is 0 Å². The first-order valence-electron chi connectivity index (χ1n) is 9.77. The number of nitrogens with zero attached hydrogens (tertiary/aromatic N) is 2. The van der Waals surface area contributed by atoms with Crippen molar-refractivity contribution < 1.29 is 9.13 Å². The van der Waals surface area contributed by atoms with Gasteiger partial charge in [-0.2, -0.15) is 5.10 Å². The van der Waals surface area contributed by atoms with Gasteiger partial charge >= 0.3 is 0 Å². The predicted molar refractivity (Wildman–Crippen MR) is 117 cm³/mol. The second kappa shape index (κ2) is 7.84. The van der Waals surface area contributed by atoms with Gasteiger partial charge in [-0.05, 0) is 54.4 Å². The maximum atomic E-state index is 13.5. The third-order valence-corrected chi connectivity index (χ3v) is 5.48. The second-order valence-electron chi connectivity index (χ2n) is 7.16. The van der Waals surface area contributed by atoms with Crippen LogP contribution in [-0.4, -0.2) is 16.3 Å². The van der Waals surface area contributed by atoms with Gasteiger partial charge in [-0.3, -0.25) is 0 Å². The summed E-state index contributed by atoms with van der Waals surface area (Å²) in [5.74, 6) is 1.38. The molecule has 30 heavy (non-hydrogen) atoms. The van der Waals surface area contributed by atoms with Gasteiger partial charge in [0, 0.05) is 17.7 Å². The first-order valence-corrected chi connectivity index (χ1v) is 10.2. The molecule has 0 radical (unpaired) electrons. The van der Waals surface area contributed by atoms with E-state index in [1.54, 1.807) is 6.07 Å². The molecule has 0 unspecified atom stereocenters. The number of rotatable bonds is 5. The Labute approximate surface area is 178 Å². The van der Waals surface area contributed by atoms with E-state index >= 15 is 0 Å². The van der Waals surface area contributed by atoms with Crippen molar-refractivity contribution in [2.45, 2.75) is 13.0 Å². The summed E-state index contributed by atoms with van der Waals surface area (Å²) in [4.78, 5) is 0. The molecule has 0 aliphatic carbocycles. The summed E-state index contributed by atoms with van der Waals surface area (Å²) in [5, 5.41) is 8.55. The SMILES string of the molecule is Fc1ccc(-c2nn(-c3ccc(OCc4ccccc4)cc3)c3c2CCN3)c(Cl)c1. The highest BCUT2D eigenvalue weighted by Crippen LogP contribution is 2.37. The highest BCUT2D eigenvalue weighted by Gasteiger charge is 2.25. The third kappa shape index (κ3) is 3.53. The lowest BCUT2D eigenvalue weighted by Crippen LogP contribution is -2.04. The van der Waals surface area contributed by atoms with E-state index in [4.69, 9.17) is 21.4 Å². The summed E-state index contributed by atoms with van der Waals surface area (Å²) in [6, 6.07) is 22.3. The Kier molecular flexibility index (Phi) is 4.89. The molecule has 1 aliphatic heterocycles. The molecular weight excluding hydrogens is 401 g/mol. The molecule has 0 saturated heterocycles. The number of benzene rings is 3. The van der Waals surface area contributed by atoms with Crippen molar-refractivity contribution in [3.63, 3.8) is 0 Å². The average Bonchev–Trinajstić information content (AvgIpc) is 3.37. The fourth-order valence-electron chi connectivity index (χ4n) is 3.68. The maximum Gasteiger partial charge on any atom is 0.133 e. The summed E-state index contributed by atoms with van der Waals surface area (Å²) in [7, 11) is 0. The van der Waals surface area contributed by atoms with Crippen LogP contribution in [0.3, 0.4) is 0 Å². The molecule has 0 saturated carbocycles. The fraction of sp³-hybridized carbons (Fsp3) is 0.125. The van der Waals surface area contributed by atoms with Crippen LogP contribution >= 0.6 is 11.6 Å². The third-order valence-electron chi connectivity index (χ3n) is 5.17. The Morgan fingerprint density at radius 1 is 1.03 bits per heavy atom. The van der Waals surface area contributed by atoms with Crippen LogP contribution < -0.4 is 10.1 Å². The van der Waals surface area contributed by atoms with Crippen LogP contribution in [0.5, 0.6) is 5.75 Å². The molecule has 5 rings (SSSR count). The summed E-state index contributed by atoms with van der Waals surface area (Å²) in [5.41, 5.74) is 4.64. The molecule has 1 N–H and O–H groups in total. The summed E-state index contributed by atoms with van der Waals surface area (Å²) in [6.45, 7) is 1.35. The van der Waals surface area contributed by atoms with Gasteiger partial charge in [0.2, 0.25) is 0 Å². The Bertz CT molecular complexity index is 1190. The van der Waals surface area contributed by atoms with Crippen LogP contribution in [0.25, 0.3) is 16.9 Å². The van der Waals surface area contributed by atoms with E-state index in [1.165, 1.54) is 12.1 Å². The number of aromatic nitrogens is 2. The molecule has 3 aromatic carbocycles. The van der Waals surface area contributed by atoms with Crippen molar-refractivity contribution in [2.24, 2.45) is 0 Å². The van der Waals surface area contributed by atoms with Crippen LogP contribution in [-0.2, 0) is 13.0 Å². The van der Waals surface area contributed by atoms with E-state index in [2.05, 4.69) is 5.32 Å². The van der Waals surface area contributed by atoms with Crippen molar-refractivity contribution in [3.8, 4) is 22.7 Å². The van der Waals surface area contributed by atoms with E-state index in [0.29, 0.717) is 11.6 Å². The predicted octanol–water partition coefficient (Wildman–Crippen LogP) is 5.88. The maximum absolute atomic E-state index is 13.5. The number of halogens is 2. The minimum Gasteiger partial charge on any atom is -0.489 e. The van der Waals surface area contributed by atoms with E-state index in [-0.39, 0.29) is 5.82 Å². The Hall–Kier alpha value is -3.31. The first-order chi connectivity index (χ1) is 14.7. The Morgan fingerprint density at radius 3 is 2.60 bits per heavy atom. The minimum atomic E-state index is -0.357. The summed E-state index contributed by atoms with van der Waals surface area (Å²) < 4.78 is 21.2. The van der Waals surface area contributed by atoms with E-state index in [9.17, 15) is 4.39 Å². The number of anilines is 1. The fourth-order valence-corrected chi connectivity index (χ4v) is 3.94. The van der Waals surface area contributed by atoms with Crippen LogP contribution in [0, 0.1) is 5.82 Å². The molecule has 1 aromatic heterocycles. The highest BCUT2D eigenvalue weighted by atomic mass is 35.5. The van der Waals surface area contributed by atoms with Crippen LogP contribution in [0.2, 0.25) is 5.02 Å². The molecular formula is C24H19ClFN3O. The molecule has 0 fully saturated rings. The van der Waals surface area contributed by atoms with E-state index in [1.807, 2.05) is 59.3 Å². The average molecular weight is 420 g/mol. The molecule has 0 amide bonds. The van der Waals surface area contributed by atoms with Gasteiger partial charge in [0.25, 0.3) is 0 Å². The van der Waals surface area contributed by atoms with Crippen molar-refractivity contribution in [3.05, 3.63) is 94.8 Å². The zero-order valence-corrected chi connectivity index (χ0v) is 16.9. The Morgan fingerprint density at radius 2 is 1.83 bits per heavy atom. The lowest BCUT2D eigenvalue weighted by atomic mass is 10.1. The van der Waals surface area contributed by atoms with E-state index < -0.39 is 0 Å². The molecule has 6 heteroatoms. The highest BCUT2D eigenvalue weighted by molar-refractivity contribution is 6.33. The molecule has 4 aromatic rings. The van der Waals surface area contributed by atoms with Crippen molar-refractivity contribution >= 4 is 17.4 Å². The van der Waals surface area contributed by atoms with Crippen molar-refractivity contribution in [2.75, 3.05) is 11.9 Å². The van der Waals surface area contributed by atoms with Gasteiger partial charge in [-0.25, -0.2) is 9.07 Å². The molecule has 150 valence electrons. The first kappa shape index (κ1) is 18.7. The van der Waals surface area contributed by atoms with Gasteiger partial charge in [-0.1, -0.05) is 41.9 Å². The lowest BCUT2D eigenvalue weighted by Gasteiger charge is -2.09. The van der Waals surface area contributed by atoms with Gasteiger partial charge in [-0.15, -0.1) is 0 Å². The van der Waals surface area contributed by atoms with Gasteiger partial charge in [0.1, 0.15) is 24.0 Å². The van der Waals surface area contributed by atoms with Gasteiger partial charge in [0.15, 0.2) is 0 Å². The largest absolute Gasteiger partial charge is 0.489 e. The minimum absolute atomic E-state index is 0.357. The van der Waals surface area contributed by atoms with Crippen LogP contribution in [0.1, 0.15) is 11.1 Å². The number of hydrogen-bond donors (Lipinski definition) is 1. The zero-order valence-electron chi connectivity index (χ0n) is 16.1. The monoisotopic (exact) mass is 419 g/mol. The lowest BCUT2D eigenvalue weighted by molar-refractivity contribution is 0.306. The van der Waals surface area contributed by atoms with Crippen LogP contribution in [0.15, 0.2) is 72.8 Å². The number of hydrogen-bond acceptors (Lipinski definition) is 3. The van der Waals surface area contributed by atoms with Crippen LogP contribution in [0.4, 0.5) is 10.2 Å². The molecule has 4 nitrogen and oxygen atoms in total. The smallest absolute Gasteiger partial charge is 0.133 e. The van der Waals surface area contributed by atoms with E-state index in [0.717, 1.165) is 52.6 Å². The van der Waals surface area contributed by atoms with Gasteiger partial charge in [0.05, 0.1) is 16.4 Å². The normalized spacial score (nSPS) is 12.5. The molecule has 0 atom stereocenters. The molecule has 0 bridgehead atoms. The Balaban J connectivity index is 1.43. The number of fused-ring (bicyclic) bond motifs is 1. The molecule has 2 heterocycles. The molecule has 1 aliphatic rings. The summed E-state index contributed by atoms with van der Waals surface area (Å²) in [6.07, 6.45) is 0.844. The quantitative estimate of drug-likeness (QED) is 0.439. The molecule has 0 spiro atoms. The number of ether oxygens (including phenoxy) is 1.